The molecule has 2 rings (SSSR count). The first-order valence-corrected chi connectivity index (χ1v) is 7.80. The van der Waals surface area contributed by atoms with Crippen LogP contribution in [-0.2, 0) is 15.8 Å². The van der Waals surface area contributed by atoms with Crippen molar-refractivity contribution in [1.29, 1.82) is 0 Å². The molecule has 0 radical (unpaired) electrons. The third kappa shape index (κ3) is 5.13. The van der Waals surface area contributed by atoms with Crippen molar-refractivity contribution < 1.29 is 27.5 Å². The lowest BCUT2D eigenvalue weighted by Gasteiger charge is -2.12. The van der Waals surface area contributed by atoms with Gasteiger partial charge in [-0.25, -0.2) is 0 Å². The topological polar surface area (TPSA) is 67.4 Å². The summed E-state index contributed by atoms with van der Waals surface area (Å²) in [5.74, 6) is -1.55. The van der Waals surface area contributed by atoms with Gasteiger partial charge in [0.05, 0.1) is 17.2 Å². The van der Waals surface area contributed by atoms with Gasteiger partial charge in [-0.3, -0.25) is 9.59 Å². The summed E-state index contributed by atoms with van der Waals surface area (Å²) in [5.41, 5.74) is -0.974. The molecule has 26 heavy (non-hydrogen) atoms. The molecule has 9 heteroatoms. The fourth-order valence-corrected chi connectivity index (χ4v) is 2.22. The monoisotopic (exact) mass is 386 g/mol. The van der Waals surface area contributed by atoms with Gasteiger partial charge < -0.3 is 15.4 Å². The van der Waals surface area contributed by atoms with E-state index in [1.165, 1.54) is 18.2 Å². The van der Waals surface area contributed by atoms with Gasteiger partial charge in [0.2, 0.25) is 0 Å². The number of hydrogen-bond acceptors (Lipinski definition) is 3. The zero-order chi connectivity index (χ0) is 19.3. The first kappa shape index (κ1) is 19.6. The maximum atomic E-state index is 12.8. The Labute approximate surface area is 152 Å². The summed E-state index contributed by atoms with van der Waals surface area (Å²) in [7, 11) is 0. The van der Waals surface area contributed by atoms with E-state index in [4.69, 9.17) is 16.3 Å². The second kappa shape index (κ2) is 8.09. The van der Waals surface area contributed by atoms with Crippen LogP contribution in [0.5, 0.6) is 5.75 Å². The van der Waals surface area contributed by atoms with Crippen molar-refractivity contribution in [3.63, 3.8) is 0 Å². The first-order valence-electron chi connectivity index (χ1n) is 7.42. The highest BCUT2D eigenvalue weighted by molar-refractivity contribution is 6.43. The third-order valence-electron chi connectivity index (χ3n) is 3.16. The lowest BCUT2D eigenvalue weighted by atomic mass is 10.2. The Morgan fingerprint density at radius 1 is 1.00 bits per heavy atom. The summed E-state index contributed by atoms with van der Waals surface area (Å²) in [6.07, 6.45) is -4.68. The number of carbonyl (C=O) groups is 2. The molecule has 5 nitrogen and oxygen atoms in total. The summed E-state index contributed by atoms with van der Waals surface area (Å²) in [6.45, 7) is 2.30. The number of halogens is 4. The molecule has 0 aliphatic carbocycles. The molecule has 0 spiro atoms. The van der Waals surface area contributed by atoms with Crippen molar-refractivity contribution in [2.75, 3.05) is 17.2 Å². The maximum Gasteiger partial charge on any atom is 0.417 e. The van der Waals surface area contributed by atoms with Gasteiger partial charge in [0, 0.05) is 11.4 Å². The van der Waals surface area contributed by atoms with Gasteiger partial charge >= 0.3 is 18.0 Å². The van der Waals surface area contributed by atoms with Crippen LogP contribution in [0.4, 0.5) is 24.5 Å². The largest absolute Gasteiger partial charge is 0.494 e. The Morgan fingerprint density at radius 3 is 2.08 bits per heavy atom. The number of hydrogen-bond donors (Lipinski definition) is 2. The van der Waals surface area contributed by atoms with E-state index in [-0.39, 0.29) is 5.69 Å². The lowest BCUT2D eigenvalue weighted by molar-refractivity contribution is -0.137. The fraction of sp³-hybridized carbons (Fsp3) is 0.176. The van der Waals surface area contributed by atoms with Gasteiger partial charge in [-0.2, -0.15) is 13.2 Å². The Hall–Kier alpha value is -2.74. The Kier molecular flexibility index (Phi) is 6.10. The van der Waals surface area contributed by atoms with Gasteiger partial charge in [0.1, 0.15) is 5.75 Å². The van der Waals surface area contributed by atoms with Crippen LogP contribution in [0.1, 0.15) is 12.5 Å². The van der Waals surface area contributed by atoms with Gasteiger partial charge in [-0.15, -0.1) is 0 Å². The number of alkyl halides is 3. The molecule has 0 aliphatic heterocycles. The van der Waals surface area contributed by atoms with Crippen LogP contribution in [-0.4, -0.2) is 18.4 Å². The summed E-state index contributed by atoms with van der Waals surface area (Å²) >= 11 is 5.50. The molecule has 2 aromatic carbocycles. The zero-order valence-electron chi connectivity index (χ0n) is 13.5. The van der Waals surface area contributed by atoms with Crippen LogP contribution < -0.4 is 15.4 Å². The third-order valence-corrected chi connectivity index (χ3v) is 3.49. The number of nitrogens with one attached hydrogen (secondary N) is 2. The predicted octanol–water partition coefficient (Wildman–Crippen LogP) is 4.33. The smallest absolute Gasteiger partial charge is 0.417 e. The number of rotatable bonds is 4. The Bertz CT molecular complexity index is 808. The van der Waals surface area contributed by atoms with Crippen LogP contribution in [0.25, 0.3) is 0 Å². The van der Waals surface area contributed by atoms with E-state index in [9.17, 15) is 22.8 Å². The van der Waals surface area contributed by atoms with E-state index in [0.717, 1.165) is 6.07 Å². The highest BCUT2D eigenvalue weighted by Crippen LogP contribution is 2.36. The van der Waals surface area contributed by atoms with Gasteiger partial charge in [0.25, 0.3) is 0 Å². The molecule has 0 saturated carbocycles. The predicted molar refractivity (Wildman–Crippen MR) is 91.3 cm³/mol. The average Bonchev–Trinajstić information content (AvgIpc) is 2.57. The molecular weight excluding hydrogens is 373 g/mol. The van der Waals surface area contributed by atoms with Crippen molar-refractivity contribution in [3.8, 4) is 5.75 Å². The van der Waals surface area contributed by atoms with Crippen LogP contribution in [0, 0.1) is 0 Å². The van der Waals surface area contributed by atoms with Crippen molar-refractivity contribution in [1.82, 2.24) is 0 Å². The molecule has 0 saturated heterocycles. The Morgan fingerprint density at radius 2 is 1.54 bits per heavy atom. The SMILES string of the molecule is CCOc1ccc(NC(=O)C(=O)Nc2ccc(Cl)c(C(F)(F)F)c2)cc1. The summed E-state index contributed by atoms with van der Waals surface area (Å²) < 4.78 is 43.7. The molecule has 0 aliphatic rings. The number of benzene rings is 2. The van der Waals surface area contributed by atoms with E-state index < -0.39 is 28.6 Å². The minimum absolute atomic E-state index is 0.200. The fourth-order valence-electron chi connectivity index (χ4n) is 2.00. The molecule has 0 heterocycles. The number of ether oxygens (including phenoxy) is 1. The summed E-state index contributed by atoms with van der Waals surface area (Å²) in [6, 6.07) is 9.08. The van der Waals surface area contributed by atoms with Crippen molar-refractivity contribution >= 4 is 34.8 Å². The Balaban J connectivity index is 2.04. The number of amides is 2. The van der Waals surface area contributed by atoms with E-state index in [2.05, 4.69) is 10.6 Å². The summed E-state index contributed by atoms with van der Waals surface area (Å²) in [4.78, 5) is 23.7. The number of carbonyl (C=O) groups excluding carboxylic acids is 2. The van der Waals surface area contributed by atoms with Gasteiger partial charge in [-0.1, -0.05) is 11.6 Å². The molecule has 0 aromatic heterocycles. The minimum atomic E-state index is -4.68. The molecule has 138 valence electrons. The molecular formula is C17H14ClF3N2O3. The second-order valence-corrected chi connectivity index (χ2v) is 5.47. The zero-order valence-corrected chi connectivity index (χ0v) is 14.2. The van der Waals surface area contributed by atoms with E-state index in [1.807, 2.05) is 6.92 Å². The molecule has 0 fully saturated rings. The molecule has 2 aromatic rings. The van der Waals surface area contributed by atoms with Crippen LogP contribution >= 0.6 is 11.6 Å². The van der Waals surface area contributed by atoms with Crippen LogP contribution in [0.3, 0.4) is 0 Å². The molecule has 2 amide bonds. The number of anilines is 2. The standard InChI is InChI=1S/C17H14ClF3N2O3/c1-2-26-12-6-3-10(4-7-12)22-15(24)16(25)23-11-5-8-14(18)13(9-11)17(19,20)21/h3-9H,2H2,1H3,(H,22,24)(H,23,25). The first-order chi connectivity index (χ1) is 12.2. The normalized spacial score (nSPS) is 11.0. The maximum absolute atomic E-state index is 12.8. The van der Waals surface area contributed by atoms with Crippen LogP contribution in [0.2, 0.25) is 5.02 Å². The van der Waals surface area contributed by atoms with Gasteiger partial charge in [0.15, 0.2) is 0 Å². The second-order valence-electron chi connectivity index (χ2n) is 5.06. The highest BCUT2D eigenvalue weighted by Gasteiger charge is 2.33. The summed E-state index contributed by atoms with van der Waals surface area (Å²) in [5, 5.41) is 3.93. The molecule has 2 N–H and O–H groups in total. The molecule has 0 unspecified atom stereocenters. The lowest BCUT2D eigenvalue weighted by Crippen LogP contribution is -2.29. The van der Waals surface area contributed by atoms with Crippen molar-refractivity contribution in [2.24, 2.45) is 0 Å². The molecule has 0 atom stereocenters. The van der Waals surface area contributed by atoms with Crippen LogP contribution in [0.15, 0.2) is 42.5 Å². The molecule has 0 bridgehead atoms. The van der Waals surface area contributed by atoms with E-state index in [1.54, 1.807) is 12.1 Å². The van der Waals surface area contributed by atoms with Gasteiger partial charge in [-0.05, 0) is 49.4 Å². The minimum Gasteiger partial charge on any atom is -0.494 e. The van der Waals surface area contributed by atoms with E-state index in [0.29, 0.717) is 24.1 Å². The average molecular weight is 387 g/mol. The highest BCUT2D eigenvalue weighted by atomic mass is 35.5. The van der Waals surface area contributed by atoms with Crippen molar-refractivity contribution in [2.45, 2.75) is 13.1 Å². The quantitative estimate of drug-likeness (QED) is 0.768. The van der Waals surface area contributed by atoms with E-state index >= 15 is 0 Å². The van der Waals surface area contributed by atoms with Crippen molar-refractivity contribution in [3.05, 3.63) is 53.1 Å².